The van der Waals surface area contributed by atoms with Gasteiger partial charge in [-0.2, -0.15) is 0 Å². The molecule has 0 aromatic heterocycles. The van der Waals surface area contributed by atoms with Crippen molar-refractivity contribution < 1.29 is 4.79 Å². The summed E-state index contributed by atoms with van der Waals surface area (Å²) in [4.78, 5) is 11.3. The van der Waals surface area contributed by atoms with Gasteiger partial charge in [0.1, 0.15) is 0 Å². The topological polar surface area (TPSA) is 67.2 Å². The second kappa shape index (κ2) is 5.32. The van der Waals surface area contributed by atoms with Gasteiger partial charge in [0.25, 0.3) is 0 Å². The Morgan fingerprint density at radius 2 is 2.36 bits per heavy atom. The molecule has 1 aliphatic rings. The molecule has 82 valence electrons. The SMILES string of the molecule is CC(C)C(=O)NC[C@H]1C[C@@H](CN)CN1. The van der Waals surface area contributed by atoms with E-state index in [4.69, 9.17) is 5.73 Å². The molecule has 0 aromatic carbocycles. The van der Waals surface area contributed by atoms with Crippen LogP contribution in [0.3, 0.4) is 0 Å². The molecule has 1 saturated heterocycles. The van der Waals surface area contributed by atoms with Crippen molar-refractivity contribution in [1.29, 1.82) is 0 Å². The Morgan fingerprint density at radius 1 is 1.64 bits per heavy atom. The van der Waals surface area contributed by atoms with Crippen LogP contribution in [0.15, 0.2) is 0 Å². The van der Waals surface area contributed by atoms with Gasteiger partial charge >= 0.3 is 0 Å². The molecule has 0 spiro atoms. The van der Waals surface area contributed by atoms with Gasteiger partial charge in [-0.05, 0) is 25.4 Å². The minimum Gasteiger partial charge on any atom is -0.354 e. The summed E-state index contributed by atoms with van der Waals surface area (Å²) in [7, 11) is 0. The van der Waals surface area contributed by atoms with Gasteiger partial charge in [0.15, 0.2) is 0 Å². The van der Waals surface area contributed by atoms with E-state index in [1.807, 2.05) is 13.8 Å². The molecule has 1 fully saturated rings. The molecule has 14 heavy (non-hydrogen) atoms. The summed E-state index contributed by atoms with van der Waals surface area (Å²) in [5.41, 5.74) is 5.57. The van der Waals surface area contributed by atoms with E-state index in [0.717, 1.165) is 26.1 Å². The maximum atomic E-state index is 11.3. The van der Waals surface area contributed by atoms with Crippen LogP contribution in [0.25, 0.3) is 0 Å². The Morgan fingerprint density at radius 3 is 2.86 bits per heavy atom. The standard InChI is InChI=1S/C10H21N3O/c1-7(2)10(14)13-6-9-3-8(4-11)5-12-9/h7-9,12H,3-6,11H2,1-2H3,(H,13,14)/t8-,9+/m0/s1. The van der Waals surface area contributed by atoms with Gasteiger partial charge < -0.3 is 16.4 Å². The number of hydrogen-bond acceptors (Lipinski definition) is 3. The highest BCUT2D eigenvalue weighted by Gasteiger charge is 2.23. The first kappa shape index (κ1) is 11.5. The molecule has 0 saturated carbocycles. The van der Waals surface area contributed by atoms with Crippen LogP contribution in [0.1, 0.15) is 20.3 Å². The minimum atomic E-state index is 0.0710. The van der Waals surface area contributed by atoms with Gasteiger partial charge in [-0.15, -0.1) is 0 Å². The number of carbonyl (C=O) groups is 1. The van der Waals surface area contributed by atoms with E-state index in [0.29, 0.717) is 12.0 Å². The molecule has 0 aliphatic carbocycles. The lowest BCUT2D eigenvalue weighted by molar-refractivity contribution is -0.124. The normalized spacial score (nSPS) is 26.9. The number of nitrogens with two attached hydrogens (primary N) is 1. The maximum absolute atomic E-state index is 11.3. The van der Waals surface area contributed by atoms with Crippen molar-refractivity contribution >= 4 is 5.91 Å². The van der Waals surface area contributed by atoms with E-state index in [9.17, 15) is 4.79 Å². The molecule has 4 N–H and O–H groups in total. The lowest BCUT2D eigenvalue weighted by Gasteiger charge is -2.13. The molecule has 0 unspecified atom stereocenters. The molecule has 1 amide bonds. The van der Waals surface area contributed by atoms with E-state index in [1.54, 1.807) is 0 Å². The zero-order chi connectivity index (χ0) is 10.6. The molecular weight excluding hydrogens is 178 g/mol. The number of nitrogens with one attached hydrogen (secondary N) is 2. The van der Waals surface area contributed by atoms with Gasteiger partial charge in [-0.3, -0.25) is 4.79 Å². The van der Waals surface area contributed by atoms with Crippen LogP contribution >= 0.6 is 0 Å². The van der Waals surface area contributed by atoms with Crippen LogP contribution in [0.5, 0.6) is 0 Å². The summed E-state index contributed by atoms with van der Waals surface area (Å²) in [6, 6.07) is 0.409. The Labute approximate surface area is 85.6 Å². The molecule has 2 atom stereocenters. The third-order valence-electron chi connectivity index (χ3n) is 2.69. The van der Waals surface area contributed by atoms with Crippen LogP contribution < -0.4 is 16.4 Å². The molecule has 0 bridgehead atoms. The fourth-order valence-corrected chi connectivity index (χ4v) is 1.67. The molecule has 0 aromatic rings. The van der Waals surface area contributed by atoms with Gasteiger partial charge in [0.05, 0.1) is 0 Å². The maximum Gasteiger partial charge on any atom is 0.222 e. The highest BCUT2D eigenvalue weighted by molar-refractivity contribution is 5.77. The summed E-state index contributed by atoms with van der Waals surface area (Å²) in [5.74, 6) is 0.778. The summed E-state index contributed by atoms with van der Waals surface area (Å²) in [6.07, 6.45) is 1.08. The largest absolute Gasteiger partial charge is 0.354 e. The molecule has 1 aliphatic heterocycles. The summed E-state index contributed by atoms with van der Waals surface area (Å²) in [5, 5.41) is 6.28. The quantitative estimate of drug-likeness (QED) is 0.582. The highest BCUT2D eigenvalue weighted by Crippen LogP contribution is 2.11. The van der Waals surface area contributed by atoms with Crippen LogP contribution in [0, 0.1) is 11.8 Å². The lowest BCUT2D eigenvalue weighted by Crippen LogP contribution is -2.38. The van der Waals surface area contributed by atoms with Gasteiger partial charge in [0, 0.05) is 18.5 Å². The van der Waals surface area contributed by atoms with Crippen LogP contribution in [-0.2, 0) is 4.79 Å². The second-order valence-electron chi connectivity index (χ2n) is 4.34. The van der Waals surface area contributed by atoms with Crippen molar-refractivity contribution in [3.05, 3.63) is 0 Å². The fourth-order valence-electron chi connectivity index (χ4n) is 1.67. The number of hydrogen-bond donors (Lipinski definition) is 3. The van der Waals surface area contributed by atoms with Crippen molar-refractivity contribution in [2.75, 3.05) is 19.6 Å². The first-order valence-corrected chi connectivity index (χ1v) is 5.34. The smallest absolute Gasteiger partial charge is 0.222 e. The van der Waals surface area contributed by atoms with Crippen molar-refractivity contribution in [3.8, 4) is 0 Å². The van der Waals surface area contributed by atoms with E-state index in [2.05, 4.69) is 10.6 Å². The minimum absolute atomic E-state index is 0.0710. The van der Waals surface area contributed by atoms with Crippen LogP contribution in [-0.4, -0.2) is 31.6 Å². The van der Waals surface area contributed by atoms with Crippen LogP contribution in [0.4, 0.5) is 0 Å². The summed E-state index contributed by atoms with van der Waals surface area (Å²) >= 11 is 0. The van der Waals surface area contributed by atoms with Crippen molar-refractivity contribution in [2.24, 2.45) is 17.6 Å². The Hall–Kier alpha value is -0.610. The zero-order valence-corrected chi connectivity index (χ0v) is 9.05. The summed E-state index contributed by atoms with van der Waals surface area (Å²) < 4.78 is 0. The van der Waals surface area contributed by atoms with E-state index in [1.165, 1.54) is 0 Å². The molecule has 1 heterocycles. The monoisotopic (exact) mass is 199 g/mol. The Balaban J connectivity index is 2.17. The Kier molecular flexibility index (Phi) is 4.35. The third-order valence-corrected chi connectivity index (χ3v) is 2.69. The predicted octanol–water partition coefficient (Wildman–Crippen LogP) is -0.305. The molecule has 0 radical (unpaired) electrons. The number of rotatable bonds is 4. The van der Waals surface area contributed by atoms with E-state index in [-0.39, 0.29) is 11.8 Å². The van der Waals surface area contributed by atoms with Crippen molar-refractivity contribution in [3.63, 3.8) is 0 Å². The summed E-state index contributed by atoms with van der Waals surface area (Å²) in [6.45, 7) is 6.26. The predicted molar refractivity (Wildman–Crippen MR) is 56.8 cm³/mol. The van der Waals surface area contributed by atoms with Gasteiger partial charge in [-0.1, -0.05) is 13.8 Å². The van der Waals surface area contributed by atoms with E-state index >= 15 is 0 Å². The number of carbonyl (C=O) groups excluding carboxylic acids is 1. The Bertz CT molecular complexity index is 194. The fraction of sp³-hybridized carbons (Fsp3) is 0.900. The lowest BCUT2D eigenvalue weighted by atomic mass is 10.1. The molecule has 4 nitrogen and oxygen atoms in total. The average molecular weight is 199 g/mol. The average Bonchev–Trinajstić information content (AvgIpc) is 2.61. The molecule has 1 rings (SSSR count). The van der Waals surface area contributed by atoms with Crippen molar-refractivity contribution in [1.82, 2.24) is 10.6 Å². The van der Waals surface area contributed by atoms with Crippen LogP contribution in [0.2, 0.25) is 0 Å². The van der Waals surface area contributed by atoms with Gasteiger partial charge in [0.2, 0.25) is 5.91 Å². The second-order valence-corrected chi connectivity index (χ2v) is 4.34. The molecular formula is C10H21N3O. The third kappa shape index (κ3) is 3.27. The first-order chi connectivity index (χ1) is 6.63. The first-order valence-electron chi connectivity index (χ1n) is 5.34. The highest BCUT2D eigenvalue weighted by atomic mass is 16.1. The molecule has 4 heteroatoms. The van der Waals surface area contributed by atoms with Crippen molar-refractivity contribution in [2.45, 2.75) is 26.3 Å². The number of amides is 1. The van der Waals surface area contributed by atoms with E-state index < -0.39 is 0 Å². The zero-order valence-electron chi connectivity index (χ0n) is 9.05. The van der Waals surface area contributed by atoms with Gasteiger partial charge in [-0.25, -0.2) is 0 Å².